The van der Waals surface area contributed by atoms with Crippen LogP contribution < -0.4 is 10.6 Å². The highest BCUT2D eigenvalue weighted by Gasteiger charge is 2.33. The van der Waals surface area contributed by atoms with Gasteiger partial charge in [0.1, 0.15) is 0 Å². The number of nitrogens with one attached hydrogen (secondary N) is 2. The fraction of sp³-hybridized carbons (Fsp3) is 0.933. The maximum Gasteiger partial charge on any atom is 0.221 e. The number of carbonyl (C=O) groups excluding carboxylic acids is 1. The molecule has 1 amide bonds. The fourth-order valence-corrected chi connectivity index (χ4v) is 2.01. The van der Waals surface area contributed by atoms with E-state index in [-0.39, 0.29) is 22.8 Å². The van der Waals surface area contributed by atoms with Crippen molar-refractivity contribution in [2.24, 2.45) is 10.8 Å². The van der Waals surface area contributed by atoms with Crippen molar-refractivity contribution in [2.75, 3.05) is 33.2 Å². The van der Waals surface area contributed by atoms with E-state index in [9.17, 15) is 4.79 Å². The number of hydrogen-bond acceptors (Lipinski definition) is 3. The summed E-state index contributed by atoms with van der Waals surface area (Å²) in [4.78, 5) is 14.3. The monoisotopic (exact) mass is 269 g/mol. The Morgan fingerprint density at radius 3 is 2.47 bits per heavy atom. The Morgan fingerprint density at radius 2 is 1.95 bits per heavy atom. The number of amides is 1. The Bertz CT molecular complexity index is 307. The highest BCUT2D eigenvalue weighted by Crippen LogP contribution is 2.36. The van der Waals surface area contributed by atoms with E-state index < -0.39 is 0 Å². The van der Waals surface area contributed by atoms with Crippen LogP contribution in [0.25, 0.3) is 0 Å². The van der Waals surface area contributed by atoms with Gasteiger partial charge in [0.05, 0.1) is 0 Å². The van der Waals surface area contributed by atoms with Crippen molar-refractivity contribution in [1.82, 2.24) is 15.5 Å². The Labute approximate surface area is 118 Å². The summed E-state index contributed by atoms with van der Waals surface area (Å²) in [5.74, 6) is 0.158. The third-order valence-corrected chi connectivity index (χ3v) is 4.65. The lowest BCUT2D eigenvalue weighted by atomic mass is 9.69. The van der Waals surface area contributed by atoms with Crippen LogP contribution in [0, 0.1) is 10.8 Å². The van der Waals surface area contributed by atoms with Crippen molar-refractivity contribution in [3.8, 4) is 0 Å². The molecular weight excluding hydrogens is 238 g/mol. The number of likely N-dealkylation sites (N-methyl/N-ethyl adjacent to an activating group) is 1. The number of piperazine rings is 1. The molecule has 4 nitrogen and oxygen atoms in total. The van der Waals surface area contributed by atoms with Gasteiger partial charge in [-0.2, -0.15) is 0 Å². The molecule has 112 valence electrons. The van der Waals surface area contributed by atoms with Gasteiger partial charge in [-0.3, -0.25) is 4.79 Å². The molecule has 1 aliphatic heterocycles. The summed E-state index contributed by atoms with van der Waals surface area (Å²) in [5, 5.41) is 6.50. The van der Waals surface area contributed by atoms with Gasteiger partial charge < -0.3 is 15.5 Å². The number of hydrogen-bond donors (Lipinski definition) is 2. The topological polar surface area (TPSA) is 44.4 Å². The molecule has 0 aliphatic carbocycles. The highest BCUT2D eigenvalue weighted by molar-refractivity contribution is 5.76. The lowest BCUT2D eigenvalue weighted by Gasteiger charge is -2.39. The van der Waals surface area contributed by atoms with E-state index in [4.69, 9.17) is 0 Å². The van der Waals surface area contributed by atoms with Crippen LogP contribution in [-0.4, -0.2) is 50.1 Å². The standard InChI is InChI=1S/C15H31N3O/c1-14(2,3)15(4,5)11-17-13(19)9-12-10-18(6)8-7-16-12/h12,16H,7-11H2,1-6H3,(H,17,19). The van der Waals surface area contributed by atoms with Crippen molar-refractivity contribution < 1.29 is 4.79 Å². The SMILES string of the molecule is CN1CCNC(CC(=O)NCC(C)(C)C(C)(C)C)C1. The highest BCUT2D eigenvalue weighted by atomic mass is 16.1. The lowest BCUT2D eigenvalue weighted by Crippen LogP contribution is -2.51. The maximum atomic E-state index is 12.0. The van der Waals surface area contributed by atoms with Crippen molar-refractivity contribution >= 4 is 5.91 Å². The number of carbonyl (C=O) groups is 1. The van der Waals surface area contributed by atoms with Crippen LogP contribution in [0.3, 0.4) is 0 Å². The molecule has 0 aromatic rings. The van der Waals surface area contributed by atoms with E-state index in [1.54, 1.807) is 0 Å². The van der Waals surface area contributed by atoms with Crippen LogP contribution in [0.15, 0.2) is 0 Å². The van der Waals surface area contributed by atoms with Crippen LogP contribution in [-0.2, 0) is 4.79 Å². The van der Waals surface area contributed by atoms with E-state index in [1.165, 1.54) is 0 Å². The molecular formula is C15H31N3O. The van der Waals surface area contributed by atoms with Gasteiger partial charge in [0, 0.05) is 38.6 Å². The minimum atomic E-state index is 0.0967. The zero-order valence-electron chi connectivity index (χ0n) is 13.5. The number of rotatable bonds is 4. The summed E-state index contributed by atoms with van der Waals surface area (Å²) in [6.45, 7) is 14.8. The average Bonchev–Trinajstić information content (AvgIpc) is 2.25. The van der Waals surface area contributed by atoms with Crippen molar-refractivity contribution in [3.05, 3.63) is 0 Å². The Hall–Kier alpha value is -0.610. The second kappa shape index (κ2) is 6.23. The van der Waals surface area contributed by atoms with Gasteiger partial charge >= 0.3 is 0 Å². The van der Waals surface area contributed by atoms with Gasteiger partial charge in [0.2, 0.25) is 5.91 Å². The Kier molecular flexibility index (Phi) is 5.39. The normalized spacial score (nSPS) is 22.3. The first-order chi connectivity index (χ1) is 8.62. The second-order valence-corrected chi connectivity index (χ2v) is 7.53. The molecule has 1 fully saturated rings. The van der Waals surface area contributed by atoms with Gasteiger partial charge in [-0.25, -0.2) is 0 Å². The molecule has 1 unspecified atom stereocenters. The quantitative estimate of drug-likeness (QED) is 0.812. The minimum absolute atomic E-state index is 0.0967. The van der Waals surface area contributed by atoms with Gasteiger partial charge in [0.25, 0.3) is 0 Å². The first-order valence-corrected chi connectivity index (χ1v) is 7.30. The predicted octanol–water partition coefficient (Wildman–Crippen LogP) is 1.47. The Balaban J connectivity index is 2.36. The van der Waals surface area contributed by atoms with Crippen LogP contribution in [0.4, 0.5) is 0 Å². The van der Waals surface area contributed by atoms with Gasteiger partial charge in [-0.15, -0.1) is 0 Å². The molecule has 0 radical (unpaired) electrons. The zero-order chi connectivity index (χ0) is 14.7. The maximum absolute atomic E-state index is 12.0. The molecule has 4 heteroatoms. The molecule has 1 atom stereocenters. The molecule has 0 bridgehead atoms. The van der Waals surface area contributed by atoms with E-state index in [2.05, 4.69) is 57.2 Å². The van der Waals surface area contributed by atoms with Crippen molar-refractivity contribution in [3.63, 3.8) is 0 Å². The van der Waals surface area contributed by atoms with Crippen molar-refractivity contribution in [1.29, 1.82) is 0 Å². The number of nitrogens with zero attached hydrogens (tertiary/aromatic N) is 1. The smallest absolute Gasteiger partial charge is 0.221 e. The first kappa shape index (κ1) is 16.4. The van der Waals surface area contributed by atoms with Crippen LogP contribution in [0.2, 0.25) is 0 Å². The van der Waals surface area contributed by atoms with Crippen molar-refractivity contribution in [2.45, 2.75) is 47.1 Å². The van der Waals surface area contributed by atoms with E-state index in [0.29, 0.717) is 6.42 Å². The fourth-order valence-electron chi connectivity index (χ4n) is 2.01. The molecule has 0 saturated carbocycles. The van der Waals surface area contributed by atoms with Gasteiger partial charge in [-0.05, 0) is 17.9 Å². The molecule has 19 heavy (non-hydrogen) atoms. The third-order valence-electron chi connectivity index (χ3n) is 4.65. The van der Waals surface area contributed by atoms with E-state index in [1.807, 2.05) is 0 Å². The first-order valence-electron chi connectivity index (χ1n) is 7.30. The average molecular weight is 269 g/mol. The minimum Gasteiger partial charge on any atom is -0.355 e. The van der Waals surface area contributed by atoms with E-state index in [0.717, 1.165) is 26.2 Å². The molecule has 0 aromatic carbocycles. The Morgan fingerprint density at radius 1 is 1.32 bits per heavy atom. The summed E-state index contributed by atoms with van der Waals surface area (Å²) in [6.07, 6.45) is 0.574. The zero-order valence-corrected chi connectivity index (χ0v) is 13.5. The second-order valence-electron chi connectivity index (χ2n) is 7.53. The summed E-state index contributed by atoms with van der Waals surface area (Å²) < 4.78 is 0. The molecule has 1 rings (SSSR count). The van der Waals surface area contributed by atoms with Crippen LogP contribution >= 0.6 is 0 Å². The summed E-state index contributed by atoms with van der Waals surface area (Å²) >= 11 is 0. The van der Waals surface area contributed by atoms with Gasteiger partial charge in [0.15, 0.2) is 0 Å². The summed E-state index contributed by atoms with van der Waals surface area (Å²) in [5.41, 5.74) is 0.281. The molecule has 1 heterocycles. The molecule has 2 N–H and O–H groups in total. The van der Waals surface area contributed by atoms with Crippen LogP contribution in [0.5, 0.6) is 0 Å². The summed E-state index contributed by atoms with van der Waals surface area (Å²) in [6, 6.07) is 0.288. The molecule has 1 saturated heterocycles. The predicted molar refractivity (Wildman–Crippen MR) is 80.2 cm³/mol. The molecule has 0 spiro atoms. The molecule has 1 aliphatic rings. The van der Waals surface area contributed by atoms with Gasteiger partial charge in [-0.1, -0.05) is 34.6 Å². The third kappa shape index (κ3) is 5.11. The lowest BCUT2D eigenvalue weighted by molar-refractivity contribution is -0.122. The van der Waals surface area contributed by atoms with Crippen LogP contribution in [0.1, 0.15) is 41.0 Å². The summed E-state index contributed by atoms with van der Waals surface area (Å²) in [7, 11) is 2.11. The largest absolute Gasteiger partial charge is 0.355 e. The molecule has 0 aromatic heterocycles. The van der Waals surface area contributed by atoms with E-state index >= 15 is 0 Å².